The molecule has 2 rings (SSSR count). The first-order chi connectivity index (χ1) is 7.16. The van der Waals surface area contributed by atoms with E-state index >= 15 is 0 Å². The average Bonchev–Trinajstić information content (AvgIpc) is 2.81. The minimum absolute atomic E-state index is 0.288. The van der Waals surface area contributed by atoms with E-state index in [0.29, 0.717) is 18.9 Å². The first kappa shape index (κ1) is 10.6. The van der Waals surface area contributed by atoms with Gasteiger partial charge in [0, 0.05) is 24.9 Å². The minimum atomic E-state index is -3.06. The van der Waals surface area contributed by atoms with Gasteiger partial charge in [0.15, 0.2) is 0 Å². The summed E-state index contributed by atoms with van der Waals surface area (Å²) in [5.74, 6) is 0.686. The van der Waals surface area contributed by atoms with Crippen LogP contribution in [-0.2, 0) is 16.4 Å². The first-order valence-electron chi connectivity index (χ1n) is 5.10. The zero-order valence-electron chi connectivity index (χ0n) is 8.44. The monoisotopic (exact) mass is 229 g/mol. The predicted molar refractivity (Wildman–Crippen MR) is 56.8 cm³/mol. The zero-order valence-corrected chi connectivity index (χ0v) is 9.26. The van der Waals surface area contributed by atoms with E-state index in [1.165, 1.54) is 0 Å². The summed E-state index contributed by atoms with van der Waals surface area (Å²) >= 11 is 0. The van der Waals surface area contributed by atoms with Crippen LogP contribution in [0.4, 0.5) is 0 Å². The molecule has 0 spiro atoms. The smallest absolute Gasteiger partial charge is 0.211 e. The van der Waals surface area contributed by atoms with E-state index in [1.54, 1.807) is 12.5 Å². The van der Waals surface area contributed by atoms with Gasteiger partial charge in [0.2, 0.25) is 10.0 Å². The lowest BCUT2D eigenvalue weighted by atomic mass is 10.3. The molecule has 1 aliphatic rings. The third-order valence-corrected chi connectivity index (χ3v) is 3.98. The number of rotatable bonds is 6. The molecule has 84 valence electrons. The molecule has 6 heteroatoms. The van der Waals surface area contributed by atoms with Crippen LogP contribution in [0.5, 0.6) is 0 Å². The molecule has 2 N–H and O–H groups in total. The van der Waals surface area contributed by atoms with Crippen molar-refractivity contribution >= 4 is 10.0 Å². The number of aromatic nitrogens is 2. The summed E-state index contributed by atoms with van der Waals surface area (Å²) in [6, 6.07) is 0. The fourth-order valence-electron chi connectivity index (χ4n) is 1.42. The summed E-state index contributed by atoms with van der Waals surface area (Å²) in [6.45, 7) is 0.442. The second kappa shape index (κ2) is 4.32. The Morgan fingerprint density at radius 3 is 2.93 bits per heavy atom. The Morgan fingerprint density at radius 2 is 2.33 bits per heavy atom. The molecule has 0 unspecified atom stereocenters. The molecule has 1 fully saturated rings. The molecule has 1 saturated carbocycles. The first-order valence-corrected chi connectivity index (χ1v) is 6.75. The second-order valence-corrected chi connectivity index (χ2v) is 5.80. The third kappa shape index (κ3) is 3.64. The van der Waals surface area contributed by atoms with Gasteiger partial charge in [-0.15, -0.1) is 0 Å². The number of imidazole rings is 1. The quantitative estimate of drug-likeness (QED) is 0.736. The van der Waals surface area contributed by atoms with Gasteiger partial charge in [-0.25, -0.2) is 18.1 Å². The summed E-state index contributed by atoms with van der Waals surface area (Å²) < 4.78 is 25.5. The van der Waals surface area contributed by atoms with Crippen molar-refractivity contribution in [2.24, 2.45) is 5.92 Å². The number of sulfonamides is 1. The molecule has 0 aromatic carbocycles. The average molecular weight is 229 g/mol. The topological polar surface area (TPSA) is 74.8 Å². The van der Waals surface area contributed by atoms with E-state index in [2.05, 4.69) is 14.7 Å². The Balaban J connectivity index is 1.72. The lowest BCUT2D eigenvalue weighted by Gasteiger charge is -2.04. The molecule has 1 aromatic rings. The van der Waals surface area contributed by atoms with Crippen molar-refractivity contribution in [3.63, 3.8) is 0 Å². The van der Waals surface area contributed by atoms with Crippen LogP contribution in [0.2, 0.25) is 0 Å². The van der Waals surface area contributed by atoms with Crippen molar-refractivity contribution in [3.05, 3.63) is 18.2 Å². The molecule has 1 aliphatic carbocycles. The highest BCUT2D eigenvalue weighted by molar-refractivity contribution is 7.89. The number of nitrogens with one attached hydrogen (secondary N) is 2. The lowest BCUT2D eigenvalue weighted by Crippen LogP contribution is -2.29. The molecule has 0 aliphatic heterocycles. The largest absolute Gasteiger partial charge is 0.348 e. The maximum atomic E-state index is 11.5. The van der Waals surface area contributed by atoms with Gasteiger partial charge >= 0.3 is 0 Å². The highest BCUT2D eigenvalue weighted by Crippen LogP contribution is 2.29. The third-order valence-electron chi connectivity index (χ3n) is 2.42. The highest BCUT2D eigenvalue weighted by Gasteiger charge is 2.27. The molecule has 1 heterocycles. The number of hydrogen-bond donors (Lipinski definition) is 2. The van der Waals surface area contributed by atoms with Crippen LogP contribution in [0.25, 0.3) is 0 Å². The highest BCUT2D eigenvalue weighted by atomic mass is 32.2. The molecule has 0 radical (unpaired) electrons. The van der Waals surface area contributed by atoms with Crippen LogP contribution in [0.1, 0.15) is 18.5 Å². The lowest BCUT2D eigenvalue weighted by molar-refractivity contribution is 0.577. The van der Waals surface area contributed by atoms with Crippen molar-refractivity contribution < 1.29 is 8.42 Å². The van der Waals surface area contributed by atoms with E-state index in [4.69, 9.17) is 0 Å². The summed E-state index contributed by atoms with van der Waals surface area (Å²) in [5, 5.41) is 0. The fourth-order valence-corrected chi connectivity index (χ4v) is 2.90. The van der Waals surface area contributed by atoms with Crippen molar-refractivity contribution in [3.8, 4) is 0 Å². The Kier molecular flexibility index (Phi) is 3.06. The molecular formula is C9H15N3O2S. The Hall–Kier alpha value is -0.880. The normalized spacial score (nSPS) is 16.8. The van der Waals surface area contributed by atoms with E-state index in [9.17, 15) is 8.42 Å². The van der Waals surface area contributed by atoms with Crippen molar-refractivity contribution in [2.45, 2.75) is 19.3 Å². The molecule has 5 nitrogen and oxygen atoms in total. The van der Waals surface area contributed by atoms with E-state index in [0.717, 1.165) is 18.5 Å². The Labute approximate surface area is 89.4 Å². The van der Waals surface area contributed by atoms with E-state index in [-0.39, 0.29) is 5.75 Å². The van der Waals surface area contributed by atoms with Crippen LogP contribution in [0.15, 0.2) is 12.5 Å². The zero-order chi connectivity index (χ0) is 10.7. The number of hydrogen-bond acceptors (Lipinski definition) is 3. The maximum Gasteiger partial charge on any atom is 0.211 e. The van der Waals surface area contributed by atoms with E-state index in [1.807, 2.05) is 0 Å². The maximum absolute atomic E-state index is 11.5. The fraction of sp³-hybridized carbons (Fsp3) is 0.667. The van der Waals surface area contributed by atoms with Crippen LogP contribution in [0, 0.1) is 5.92 Å². The van der Waals surface area contributed by atoms with Crippen LogP contribution < -0.4 is 4.72 Å². The Morgan fingerprint density at radius 1 is 1.53 bits per heavy atom. The molecule has 0 atom stereocenters. The molecule has 0 saturated heterocycles. The van der Waals surface area contributed by atoms with Gasteiger partial charge in [-0.1, -0.05) is 0 Å². The van der Waals surface area contributed by atoms with Gasteiger partial charge in [-0.3, -0.25) is 0 Å². The van der Waals surface area contributed by atoms with Gasteiger partial charge < -0.3 is 4.98 Å². The van der Waals surface area contributed by atoms with E-state index < -0.39 is 10.0 Å². The van der Waals surface area contributed by atoms with Crippen LogP contribution >= 0.6 is 0 Å². The van der Waals surface area contributed by atoms with Gasteiger partial charge in [-0.05, 0) is 18.8 Å². The summed E-state index contributed by atoms with van der Waals surface area (Å²) in [5.41, 5.74) is 0.948. The Bertz CT molecular complexity index is 395. The van der Waals surface area contributed by atoms with Gasteiger partial charge in [0.1, 0.15) is 0 Å². The van der Waals surface area contributed by atoms with Crippen molar-refractivity contribution in [1.82, 2.24) is 14.7 Å². The minimum Gasteiger partial charge on any atom is -0.348 e. The molecule has 0 bridgehead atoms. The second-order valence-electron chi connectivity index (χ2n) is 3.95. The molecular weight excluding hydrogens is 214 g/mol. The van der Waals surface area contributed by atoms with Gasteiger partial charge in [0.05, 0.1) is 12.1 Å². The van der Waals surface area contributed by atoms with Crippen LogP contribution in [-0.4, -0.2) is 30.7 Å². The van der Waals surface area contributed by atoms with Crippen LogP contribution in [0.3, 0.4) is 0 Å². The standard InChI is InChI=1S/C9H15N3O2S/c13-15(14,6-8-1-2-8)12-4-3-9-5-10-7-11-9/h5,7-8,12H,1-4,6H2,(H,10,11). The SMILES string of the molecule is O=S(=O)(CC1CC1)NCCc1cnc[nH]1. The molecule has 1 aromatic heterocycles. The summed E-state index contributed by atoms with van der Waals surface area (Å²) in [4.78, 5) is 6.79. The molecule has 15 heavy (non-hydrogen) atoms. The molecule has 0 amide bonds. The number of nitrogens with zero attached hydrogens (tertiary/aromatic N) is 1. The number of H-pyrrole nitrogens is 1. The van der Waals surface area contributed by atoms with Crippen molar-refractivity contribution in [1.29, 1.82) is 0 Å². The number of aromatic amines is 1. The van der Waals surface area contributed by atoms with Gasteiger partial charge in [-0.2, -0.15) is 0 Å². The van der Waals surface area contributed by atoms with Crippen molar-refractivity contribution in [2.75, 3.05) is 12.3 Å². The predicted octanol–water partition coefficient (Wildman–Crippen LogP) is 0.282. The summed E-state index contributed by atoms with van der Waals surface area (Å²) in [7, 11) is -3.06. The summed E-state index contributed by atoms with van der Waals surface area (Å²) in [6.07, 6.45) is 6.07. The van der Waals surface area contributed by atoms with Gasteiger partial charge in [0.25, 0.3) is 0 Å².